The first kappa shape index (κ1) is 14.0. The third-order valence-electron chi connectivity index (χ3n) is 2.65. The first-order valence-electron chi connectivity index (χ1n) is 5.74. The molecule has 0 fully saturated rings. The van der Waals surface area contributed by atoms with Crippen molar-refractivity contribution >= 4 is 11.3 Å². The topological polar surface area (TPSA) is 48.1 Å². The van der Waals surface area contributed by atoms with E-state index in [4.69, 9.17) is 10.5 Å². The molecule has 19 heavy (non-hydrogen) atoms. The SMILES string of the molecule is COCc1nc(Cc2ccc(F)cc2F)sc1CN. The highest BCUT2D eigenvalue weighted by Crippen LogP contribution is 2.22. The van der Waals surface area contributed by atoms with E-state index in [9.17, 15) is 8.78 Å². The summed E-state index contributed by atoms with van der Waals surface area (Å²) in [6, 6.07) is 3.55. The van der Waals surface area contributed by atoms with Crippen LogP contribution in [-0.4, -0.2) is 12.1 Å². The number of hydrogen-bond acceptors (Lipinski definition) is 4. The predicted molar refractivity (Wildman–Crippen MR) is 69.9 cm³/mol. The summed E-state index contributed by atoms with van der Waals surface area (Å²) in [5, 5.41) is 0.748. The zero-order chi connectivity index (χ0) is 13.8. The Balaban J connectivity index is 2.23. The molecular weight excluding hydrogens is 270 g/mol. The van der Waals surface area contributed by atoms with Gasteiger partial charge < -0.3 is 10.5 Å². The van der Waals surface area contributed by atoms with Crippen molar-refractivity contribution in [2.24, 2.45) is 5.73 Å². The molecule has 102 valence electrons. The number of benzene rings is 1. The minimum atomic E-state index is -0.580. The maximum absolute atomic E-state index is 13.6. The molecule has 0 atom stereocenters. The number of aromatic nitrogens is 1. The van der Waals surface area contributed by atoms with E-state index in [0.29, 0.717) is 25.1 Å². The lowest BCUT2D eigenvalue weighted by atomic mass is 10.1. The largest absolute Gasteiger partial charge is 0.378 e. The standard InChI is InChI=1S/C13H14F2N2OS/c1-18-7-11-12(6-16)19-13(17-11)4-8-2-3-9(14)5-10(8)15/h2-3,5H,4,6-7,16H2,1H3. The summed E-state index contributed by atoms with van der Waals surface area (Å²) in [5.41, 5.74) is 6.83. The Bertz CT molecular complexity index is 572. The van der Waals surface area contributed by atoms with E-state index in [1.165, 1.54) is 23.5 Å². The molecule has 2 N–H and O–H groups in total. The lowest BCUT2D eigenvalue weighted by molar-refractivity contribution is 0.181. The Morgan fingerprint density at radius 2 is 2.16 bits per heavy atom. The second kappa shape index (κ2) is 6.18. The van der Waals surface area contributed by atoms with Gasteiger partial charge in [0.05, 0.1) is 17.3 Å². The van der Waals surface area contributed by atoms with Crippen molar-refractivity contribution in [2.75, 3.05) is 7.11 Å². The van der Waals surface area contributed by atoms with E-state index in [-0.39, 0.29) is 0 Å². The molecule has 0 aliphatic rings. The van der Waals surface area contributed by atoms with Gasteiger partial charge >= 0.3 is 0 Å². The molecule has 6 heteroatoms. The number of methoxy groups -OCH3 is 1. The van der Waals surface area contributed by atoms with E-state index in [1.807, 2.05) is 0 Å². The third-order valence-corrected chi connectivity index (χ3v) is 3.77. The fourth-order valence-electron chi connectivity index (χ4n) is 1.75. The van der Waals surface area contributed by atoms with Crippen LogP contribution in [0, 0.1) is 11.6 Å². The predicted octanol–water partition coefficient (Wildman–Crippen LogP) is 2.62. The van der Waals surface area contributed by atoms with Crippen LogP contribution in [0.15, 0.2) is 18.2 Å². The van der Waals surface area contributed by atoms with E-state index in [1.54, 1.807) is 7.11 Å². The number of halogens is 2. The smallest absolute Gasteiger partial charge is 0.129 e. The van der Waals surface area contributed by atoms with Gasteiger partial charge in [0, 0.05) is 31.0 Å². The van der Waals surface area contributed by atoms with Crippen molar-refractivity contribution in [3.63, 3.8) is 0 Å². The van der Waals surface area contributed by atoms with Crippen LogP contribution in [0.1, 0.15) is 21.1 Å². The van der Waals surface area contributed by atoms with Crippen LogP contribution < -0.4 is 5.73 Å². The number of ether oxygens (including phenoxy) is 1. The highest BCUT2D eigenvalue weighted by Gasteiger charge is 2.12. The minimum absolute atomic E-state index is 0.327. The molecular formula is C13H14F2N2OS. The molecule has 1 aromatic carbocycles. The van der Waals surface area contributed by atoms with Gasteiger partial charge in [-0.05, 0) is 11.6 Å². The number of nitrogens with zero attached hydrogens (tertiary/aromatic N) is 1. The maximum Gasteiger partial charge on any atom is 0.129 e. The number of rotatable bonds is 5. The second-order valence-electron chi connectivity index (χ2n) is 4.03. The summed E-state index contributed by atoms with van der Waals surface area (Å²) < 4.78 is 31.4. The van der Waals surface area contributed by atoms with Crippen LogP contribution in [0.25, 0.3) is 0 Å². The summed E-state index contributed by atoms with van der Waals surface area (Å²) in [6.45, 7) is 0.761. The number of nitrogens with two attached hydrogens (primary N) is 1. The van der Waals surface area contributed by atoms with Crippen molar-refractivity contribution < 1.29 is 13.5 Å². The van der Waals surface area contributed by atoms with Gasteiger partial charge in [-0.15, -0.1) is 11.3 Å². The van der Waals surface area contributed by atoms with E-state index in [2.05, 4.69) is 4.98 Å². The van der Waals surface area contributed by atoms with Crippen molar-refractivity contribution in [1.29, 1.82) is 0 Å². The molecule has 0 radical (unpaired) electrons. The lowest BCUT2D eigenvalue weighted by Gasteiger charge is -2.00. The average Bonchev–Trinajstić information content (AvgIpc) is 2.75. The number of thiazole rings is 1. The minimum Gasteiger partial charge on any atom is -0.378 e. The summed E-state index contributed by atoms with van der Waals surface area (Å²) in [6.07, 6.45) is 0.327. The average molecular weight is 284 g/mol. The van der Waals surface area contributed by atoms with E-state index < -0.39 is 11.6 Å². The van der Waals surface area contributed by atoms with Crippen LogP contribution in [0.5, 0.6) is 0 Å². The quantitative estimate of drug-likeness (QED) is 0.918. The van der Waals surface area contributed by atoms with Gasteiger partial charge in [-0.1, -0.05) is 6.07 Å². The van der Waals surface area contributed by atoms with Gasteiger partial charge in [0.1, 0.15) is 11.6 Å². The van der Waals surface area contributed by atoms with Crippen LogP contribution in [0.4, 0.5) is 8.78 Å². The Kier molecular flexibility index (Phi) is 4.57. The normalized spacial score (nSPS) is 10.9. The third kappa shape index (κ3) is 3.34. The van der Waals surface area contributed by atoms with Crippen LogP contribution in [-0.2, 0) is 24.3 Å². The van der Waals surface area contributed by atoms with Gasteiger partial charge in [-0.2, -0.15) is 0 Å². The zero-order valence-corrected chi connectivity index (χ0v) is 11.3. The molecule has 0 bridgehead atoms. The molecule has 0 saturated heterocycles. The zero-order valence-electron chi connectivity index (χ0n) is 10.5. The Hall–Kier alpha value is -1.37. The first-order chi connectivity index (χ1) is 9.13. The Morgan fingerprint density at radius 3 is 2.79 bits per heavy atom. The molecule has 0 spiro atoms. The van der Waals surface area contributed by atoms with Crippen LogP contribution in [0.2, 0.25) is 0 Å². The molecule has 1 heterocycles. The van der Waals surface area contributed by atoms with Crippen molar-refractivity contribution in [3.8, 4) is 0 Å². The van der Waals surface area contributed by atoms with E-state index in [0.717, 1.165) is 21.6 Å². The fourth-order valence-corrected chi connectivity index (χ4v) is 2.72. The lowest BCUT2D eigenvalue weighted by Crippen LogP contribution is -1.99. The number of hydrogen-bond donors (Lipinski definition) is 1. The summed E-state index contributed by atoms with van der Waals surface area (Å²) in [7, 11) is 1.58. The highest BCUT2D eigenvalue weighted by atomic mass is 32.1. The monoisotopic (exact) mass is 284 g/mol. The van der Waals surface area contributed by atoms with Crippen molar-refractivity contribution in [2.45, 2.75) is 19.6 Å². The van der Waals surface area contributed by atoms with Crippen molar-refractivity contribution in [1.82, 2.24) is 4.98 Å². The van der Waals surface area contributed by atoms with Gasteiger partial charge in [-0.3, -0.25) is 0 Å². The molecule has 2 rings (SSSR count). The Labute approximate surface area is 114 Å². The van der Waals surface area contributed by atoms with Crippen molar-refractivity contribution in [3.05, 3.63) is 51.0 Å². The molecule has 2 aromatic rings. The van der Waals surface area contributed by atoms with Gasteiger partial charge in [0.15, 0.2) is 0 Å². The molecule has 3 nitrogen and oxygen atoms in total. The molecule has 0 saturated carbocycles. The summed E-state index contributed by atoms with van der Waals surface area (Å²) in [4.78, 5) is 5.31. The fraction of sp³-hybridized carbons (Fsp3) is 0.308. The molecule has 1 aromatic heterocycles. The van der Waals surface area contributed by atoms with Gasteiger partial charge in [-0.25, -0.2) is 13.8 Å². The maximum atomic E-state index is 13.6. The molecule has 0 aliphatic carbocycles. The summed E-state index contributed by atoms with van der Waals surface area (Å²) in [5.74, 6) is -1.14. The van der Waals surface area contributed by atoms with E-state index >= 15 is 0 Å². The van der Waals surface area contributed by atoms with Crippen LogP contribution in [0.3, 0.4) is 0 Å². The first-order valence-corrected chi connectivity index (χ1v) is 6.56. The Morgan fingerprint density at radius 1 is 1.37 bits per heavy atom. The van der Waals surface area contributed by atoms with Crippen LogP contribution >= 0.6 is 11.3 Å². The summed E-state index contributed by atoms with van der Waals surface area (Å²) >= 11 is 1.43. The second-order valence-corrected chi connectivity index (χ2v) is 5.20. The molecule has 0 aliphatic heterocycles. The van der Waals surface area contributed by atoms with Gasteiger partial charge in [0.25, 0.3) is 0 Å². The molecule has 0 amide bonds. The van der Waals surface area contributed by atoms with Gasteiger partial charge in [0.2, 0.25) is 0 Å². The molecule has 0 unspecified atom stereocenters. The highest BCUT2D eigenvalue weighted by molar-refractivity contribution is 7.11.